The second kappa shape index (κ2) is 8.44. The van der Waals surface area contributed by atoms with Gasteiger partial charge in [0.05, 0.1) is 21.3 Å². The maximum absolute atomic E-state index is 12.2. The second-order valence-corrected chi connectivity index (χ2v) is 5.72. The van der Waals surface area contributed by atoms with Crippen LogP contribution in [0.3, 0.4) is 0 Å². The number of methoxy groups -OCH3 is 3. The minimum Gasteiger partial charge on any atom is -0.493 e. The van der Waals surface area contributed by atoms with Crippen molar-refractivity contribution >= 4 is 34.8 Å². The Kier molecular flexibility index (Phi) is 6.30. The van der Waals surface area contributed by atoms with E-state index in [1.165, 1.54) is 33.5 Å². The zero-order chi connectivity index (χ0) is 19.3. The van der Waals surface area contributed by atoms with Crippen LogP contribution in [-0.4, -0.2) is 33.1 Å². The van der Waals surface area contributed by atoms with E-state index in [9.17, 15) is 9.59 Å². The third-order valence-corrected chi connectivity index (χ3v) is 3.81. The monoisotopic (exact) mass is 378 g/mol. The van der Waals surface area contributed by atoms with Crippen molar-refractivity contribution in [3.63, 3.8) is 0 Å². The molecule has 138 valence electrons. The average Bonchev–Trinajstić information content (AvgIpc) is 2.63. The van der Waals surface area contributed by atoms with Gasteiger partial charge in [-0.15, -0.1) is 0 Å². The van der Waals surface area contributed by atoms with Crippen molar-refractivity contribution in [3.8, 4) is 17.2 Å². The molecule has 2 aromatic rings. The quantitative estimate of drug-likeness (QED) is 0.780. The summed E-state index contributed by atoms with van der Waals surface area (Å²) in [5.74, 6) is -0.587. The van der Waals surface area contributed by atoms with Crippen LogP contribution in [0.1, 0.15) is 5.56 Å². The van der Waals surface area contributed by atoms with Gasteiger partial charge in [-0.25, -0.2) is 0 Å². The molecule has 0 aromatic heterocycles. The fraction of sp³-hybridized carbons (Fsp3) is 0.222. The van der Waals surface area contributed by atoms with Gasteiger partial charge >= 0.3 is 11.8 Å². The lowest BCUT2D eigenvalue weighted by molar-refractivity contribution is -0.133. The van der Waals surface area contributed by atoms with Crippen molar-refractivity contribution in [1.29, 1.82) is 0 Å². The van der Waals surface area contributed by atoms with Crippen LogP contribution >= 0.6 is 11.6 Å². The van der Waals surface area contributed by atoms with E-state index in [0.717, 1.165) is 5.56 Å². The van der Waals surface area contributed by atoms with Gasteiger partial charge in [-0.2, -0.15) is 0 Å². The lowest BCUT2D eigenvalue weighted by Gasteiger charge is -2.14. The molecule has 0 aliphatic carbocycles. The number of hydrogen-bond donors (Lipinski definition) is 2. The molecule has 2 amide bonds. The molecular weight excluding hydrogens is 360 g/mol. The fourth-order valence-corrected chi connectivity index (χ4v) is 2.42. The summed E-state index contributed by atoms with van der Waals surface area (Å²) < 4.78 is 15.6. The highest BCUT2D eigenvalue weighted by atomic mass is 35.5. The Morgan fingerprint density at radius 3 is 2.00 bits per heavy atom. The van der Waals surface area contributed by atoms with E-state index in [2.05, 4.69) is 10.6 Å². The third kappa shape index (κ3) is 4.37. The van der Waals surface area contributed by atoms with Crippen LogP contribution < -0.4 is 24.8 Å². The lowest BCUT2D eigenvalue weighted by Crippen LogP contribution is -2.29. The van der Waals surface area contributed by atoms with Gasteiger partial charge in [0.1, 0.15) is 0 Å². The van der Waals surface area contributed by atoms with Gasteiger partial charge in [-0.1, -0.05) is 17.7 Å². The average molecular weight is 379 g/mol. The molecule has 26 heavy (non-hydrogen) atoms. The SMILES string of the molecule is COc1cc(NC(=O)C(=O)Nc2cc(Cl)ccc2C)cc(OC)c1OC. The van der Waals surface area contributed by atoms with Gasteiger partial charge in [0.25, 0.3) is 0 Å². The Bertz CT molecular complexity index is 813. The highest BCUT2D eigenvalue weighted by molar-refractivity contribution is 6.44. The highest BCUT2D eigenvalue weighted by Crippen LogP contribution is 2.39. The van der Waals surface area contributed by atoms with E-state index in [1.807, 2.05) is 0 Å². The van der Waals surface area contributed by atoms with Crippen molar-refractivity contribution in [3.05, 3.63) is 40.9 Å². The van der Waals surface area contributed by atoms with E-state index >= 15 is 0 Å². The Morgan fingerprint density at radius 2 is 1.46 bits per heavy atom. The Hall–Kier alpha value is -2.93. The van der Waals surface area contributed by atoms with Crippen LogP contribution in [0.25, 0.3) is 0 Å². The van der Waals surface area contributed by atoms with E-state index < -0.39 is 11.8 Å². The van der Waals surface area contributed by atoms with Crippen molar-refractivity contribution in [2.45, 2.75) is 6.92 Å². The number of halogens is 1. The van der Waals surface area contributed by atoms with E-state index in [4.69, 9.17) is 25.8 Å². The molecule has 0 saturated carbocycles. The summed E-state index contributed by atoms with van der Waals surface area (Å²) in [6.45, 7) is 1.79. The van der Waals surface area contributed by atoms with Gasteiger partial charge in [-0.05, 0) is 24.6 Å². The van der Waals surface area contributed by atoms with Gasteiger partial charge < -0.3 is 24.8 Å². The number of rotatable bonds is 5. The number of anilines is 2. The predicted molar refractivity (Wildman–Crippen MR) is 99.5 cm³/mol. The van der Waals surface area contributed by atoms with E-state index in [-0.39, 0.29) is 0 Å². The Balaban J connectivity index is 2.18. The van der Waals surface area contributed by atoms with Crippen molar-refractivity contribution in [2.75, 3.05) is 32.0 Å². The smallest absolute Gasteiger partial charge is 0.314 e. The molecule has 0 fully saturated rings. The van der Waals surface area contributed by atoms with Crippen LogP contribution in [0, 0.1) is 6.92 Å². The molecule has 0 aliphatic heterocycles. The van der Waals surface area contributed by atoms with Gasteiger partial charge in [0.15, 0.2) is 11.5 Å². The third-order valence-electron chi connectivity index (χ3n) is 3.58. The molecule has 8 heteroatoms. The number of benzene rings is 2. The van der Waals surface area contributed by atoms with E-state index in [1.54, 1.807) is 25.1 Å². The summed E-state index contributed by atoms with van der Waals surface area (Å²) in [5.41, 5.74) is 1.56. The van der Waals surface area contributed by atoms with Crippen LogP contribution in [-0.2, 0) is 9.59 Å². The standard InChI is InChI=1S/C18H19ClN2O5/c1-10-5-6-11(19)7-13(10)21-18(23)17(22)20-12-8-14(24-2)16(26-4)15(9-12)25-3/h5-9H,1-4H3,(H,20,22)(H,21,23). The molecule has 7 nitrogen and oxygen atoms in total. The first-order chi connectivity index (χ1) is 12.4. The largest absolute Gasteiger partial charge is 0.493 e. The molecule has 2 aromatic carbocycles. The summed E-state index contributed by atoms with van der Waals surface area (Å²) in [4.78, 5) is 24.4. The molecule has 0 heterocycles. The molecule has 0 bridgehead atoms. The number of hydrogen-bond acceptors (Lipinski definition) is 5. The minimum atomic E-state index is -0.848. The molecule has 0 spiro atoms. The zero-order valence-corrected chi connectivity index (χ0v) is 15.6. The Labute approximate surface area is 156 Å². The van der Waals surface area contributed by atoms with Crippen LogP contribution in [0.2, 0.25) is 5.02 Å². The van der Waals surface area contributed by atoms with Crippen molar-refractivity contribution < 1.29 is 23.8 Å². The maximum Gasteiger partial charge on any atom is 0.314 e. The second-order valence-electron chi connectivity index (χ2n) is 5.28. The molecule has 0 saturated heterocycles. The van der Waals surface area contributed by atoms with Gasteiger partial charge in [-0.3, -0.25) is 9.59 Å². The number of ether oxygens (including phenoxy) is 3. The van der Waals surface area contributed by atoms with Crippen LogP contribution in [0.4, 0.5) is 11.4 Å². The number of aryl methyl sites for hydroxylation is 1. The van der Waals surface area contributed by atoms with Crippen molar-refractivity contribution in [2.24, 2.45) is 0 Å². The van der Waals surface area contributed by atoms with Crippen LogP contribution in [0.5, 0.6) is 17.2 Å². The number of carbonyl (C=O) groups is 2. The molecule has 0 unspecified atom stereocenters. The minimum absolute atomic E-state index is 0.322. The first-order valence-electron chi connectivity index (χ1n) is 7.58. The van der Waals surface area contributed by atoms with Gasteiger partial charge in [0.2, 0.25) is 5.75 Å². The first kappa shape index (κ1) is 19.4. The zero-order valence-electron chi connectivity index (χ0n) is 14.8. The van der Waals surface area contributed by atoms with Crippen molar-refractivity contribution in [1.82, 2.24) is 0 Å². The summed E-state index contributed by atoms with van der Waals surface area (Å²) in [5, 5.41) is 5.48. The summed E-state index contributed by atoms with van der Waals surface area (Å²) >= 11 is 5.91. The fourth-order valence-electron chi connectivity index (χ4n) is 2.25. The first-order valence-corrected chi connectivity index (χ1v) is 7.96. The Morgan fingerprint density at radius 1 is 0.885 bits per heavy atom. The number of nitrogens with one attached hydrogen (secondary N) is 2. The molecule has 0 aliphatic rings. The molecule has 0 atom stereocenters. The molecule has 2 rings (SSSR count). The summed E-state index contributed by atoms with van der Waals surface area (Å²) in [6, 6.07) is 8.06. The normalized spacial score (nSPS) is 10.0. The maximum atomic E-state index is 12.2. The highest BCUT2D eigenvalue weighted by Gasteiger charge is 2.18. The predicted octanol–water partition coefficient (Wildman–Crippen LogP) is 3.25. The van der Waals surface area contributed by atoms with Gasteiger partial charge in [0, 0.05) is 28.5 Å². The molecular formula is C18H19ClN2O5. The van der Waals surface area contributed by atoms with E-state index in [0.29, 0.717) is 33.6 Å². The van der Waals surface area contributed by atoms with Crippen LogP contribution in [0.15, 0.2) is 30.3 Å². The summed E-state index contributed by atoms with van der Waals surface area (Å²) in [6.07, 6.45) is 0. The molecule has 2 N–H and O–H groups in total. The topological polar surface area (TPSA) is 85.9 Å². The number of amides is 2. The number of carbonyl (C=O) groups excluding carboxylic acids is 2. The summed E-state index contributed by atoms with van der Waals surface area (Å²) in [7, 11) is 4.38. The molecule has 0 radical (unpaired) electrons. The lowest BCUT2D eigenvalue weighted by atomic mass is 10.2.